The van der Waals surface area contributed by atoms with Crippen molar-refractivity contribution in [3.63, 3.8) is 0 Å². The predicted molar refractivity (Wildman–Crippen MR) is 92.2 cm³/mol. The fourth-order valence-corrected chi connectivity index (χ4v) is 6.11. The van der Waals surface area contributed by atoms with Gasteiger partial charge in [0.05, 0.1) is 11.6 Å². The molecule has 5 aliphatic carbocycles. The molecule has 0 N–H and O–H groups in total. The lowest BCUT2D eigenvalue weighted by Crippen LogP contribution is -2.53. The molecule has 4 saturated carbocycles. The molecular weight excluding hydrogens is 298 g/mol. The third kappa shape index (κ3) is 2.28. The van der Waals surface area contributed by atoms with Gasteiger partial charge in [-0.2, -0.15) is 0 Å². The van der Waals surface area contributed by atoms with Gasteiger partial charge in [0, 0.05) is 6.20 Å². The van der Waals surface area contributed by atoms with E-state index in [1.807, 2.05) is 17.3 Å². The monoisotopic (exact) mass is 323 g/mol. The fourth-order valence-electron chi connectivity index (χ4n) is 6.11. The third-order valence-electron chi connectivity index (χ3n) is 6.73. The first-order chi connectivity index (χ1) is 11.7. The smallest absolute Gasteiger partial charge is 0.237 e. The first-order valence-corrected chi connectivity index (χ1v) is 9.46. The average molecular weight is 323 g/mol. The van der Waals surface area contributed by atoms with Crippen molar-refractivity contribution >= 4 is 5.91 Å². The molecule has 1 aliphatic heterocycles. The summed E-state index contributed by atoms with van der Waals surface area (Å²) >= 11 is 0. The van der Waals surface area contributed by atoms with Crippen molar-refractivity contribution < 1.29 is 9.53 Å². The van der Waals surface area contributed by atoms with E-state index in [1.54, 1.807) is 6.26 Å². The van der Waals surface area contributed by atoms with Crippen molar-refractivity contribution in [2.45, 2.75) is 51.4 Å². The van der Waals surface area contributed by atoms with E-state index in [4.69, 9.17) is 4.74 Å². The van der Waals surface area contributed by atoms with E-state index in [0.29, 0.717) is 5.91 Å². The van der Waals surface area contributed by atoms with Gasteiger partial charge in [0.15, 0.2) is 0 Å². The van der Waals surface area contributed by atoms with Gasteiger partial charge >= 0.3 is 0 Å². The van der Waals surface area contributed by atoms with E-state index in [9.17, 15) is 4.79 Å². The van der Waals surface area contributed by atoms with Gasteiger partial charge in [0.2, 0.25) is 5.91 Å². The van der Waals surface area contributed by atoms with E-state index < -0.39 is 0 Å². The second-order valence-corrected chi connectivity index (χ2v) is 8.47. The molecule has 1 heterocycles. The largest absolute Gasteiger partial charge is 0.462 e. The highest BCUT2D eigenvalue weighted by Gasteiger charge is 2.55. The van der Waals surface area contributed by atoms with Gasteiger partial charge in [-0.3, -0.25) is 9.69 Å². The number of carbonyl (C=O) groups excluding carboxylic acids is 1. The minimum absolute atomic E-state index is 0.0983. The summed E-state index contributed by atoms with van der Waals surface area (Å²) < 4.78 is 5.70. The SMILES string of the molecule is O=C(N1C=COC(C2=CC=CCC2)=C1)C12CC3CC(CC(C3)C1)C2. The molecule has 6 rings (SSSR count). The summed E-state index contributed by atoms with van der Waals surface area (Å²) in [5.41, 5.74) is 1.09. The van der Waals surface area contributed by atoms with Crippen LogP contribution in [0.4, 0.5) is 0 Å². The summed E-state index contributed by atoms with van der Waals surface area (Å²) in [7, 11) is 0. The van der Waals surface area contributed by atoms with Crippen LogP contribution >= 0.6 is 0 Å². The van der Waals surface area contributed by atoms with Gasteiger partial charge in [-0.15, -0.1) is 0 Å². The molecule has 0 saturated heterocycles. The summed E-state index contributed by atoms with van der Waals surface area (Å²) in [5, 5.41) is 0. The van der Waals surface area contributed by atoms with E-state index >= 15 is 0 Å². The molecule has 0 aromatic heterocycles. The van der Waals surface area contributed by atoms with Crippen molar-refractivity contribution in [1.29, 1.82) is 0 Å². The zero-order chi connectivity index (χ0) is 16.1. The first kappa shape index (κ1) is 14.6. The normalized spacial score (nSPS) is 39.5. The van der Waals surface area contributed by atoms with Gasteiger partial charge in [-0.25, -0.2) is 0 Å². The summed E-state index contributed by atoms with van der Waals surface area (Å²) in [6.07, 6.45) is 21.2. The van der Waals surface area contributed by atoms with Crippen LogP contribution in [0.15, 0.2) is 48.2 Å². The van der Waals surface area contributed by atoms with Crippen LogP contribution in [-0.2, 0) is 9.53 Å². The molecule has 3 nitrogen and oxygen atoms in total. The maximum atomic E-state index is 13.4. The van der Waals surface area contributed by atoms with Gasteiger partial charge < -0.3 is 4.74 Å². The highest BCUT2D eigenvalue weighted by molar-refractivity contribution is 5.85. The Morgan fingerprint density at radius 1 is 1.12 bits per heavy atom. The molecule has 24 heavy (non-hydrogen) atoms. The standard InChI is InChI=1S/C21H25NO2/c23-20(21-11-15-8-16(12-21)10-17(9-15)13-21)22-6-7-24-19(14-22)18-4-2-1-3-5-18/h1-2,4,6-7,14-17H,3,5,8-13H2. The Balaban J connectivity index is 1.41. The molecule has 0 aromatic carbocycles. The molecule has 4 bridgehead atoms. The minimum Gasteiger partial charge on any atom is -0.462 e. The second kappa shape index (κ2) is 5.37. The van der Waals surface area contributed by atoms with Gasteiger partial charge in [-0.05, 0) is 74.7 Å². The zero-order valence-corrected chi connectivity index (χ0v) is 14.1. The quantitative estimate of drug-likeness (QED) is 0.740. The molecule has 0 spiro atoms. The van der Waals surface area contributed by atoms with Crippen LogP contribution in [0.3, 0.4) is 0 Å². The van der Waals surface area contributed by atoms with E-state index in [0.717, 1.165) is 55.6 Å². The van der Waals surface area contributed by atoms with Crippen LogP contribution in [0.5, 0.6) is 0 Å². The Kier molecular flexibility index (Phi) is 3.26. The Morgan fingerprint density at radius 3 is 2.46 bits per heavy atom. The Bertz CT molecular complexity index is 647. The molecule has 0 atom stereocenters. The van der Waals surface area contributed by atoms with Crippen LogP contribution in [0.25, 0.3) is 0 Å². The molecule has 6 aliphatic rings. The van der Waals surface area contributed by atoms with Crippen molar-refractivity contribution in [1.82, 2.24) is 4.90 Å². The Morgan fingerprint density at radius 2 is 1.83 bits per heavy atom. The number of carbonyl (C=O) groups is 1. The third-order valence-corrected chi connectivity index (χ3v) is 6.73. The van der Waals surface area contributed by atoms with E-state index in [1.165, 1.54) is 24.8 Å². The van der Waals surface area contributed by atoms with Crippen LogP contribution in [0.2, 0.25) is 0 Å². The van der Waals surface area contributed by atoms with Gasteiger partial charge in [0.1, 0.15) is 12.0 Å². The van der Waals surface area contributed by atoms with Crippen molar-refractivity contribution in [2.24, 2.45) is 23.2 Å². The lowest BCUT2D eigenvalue weighted by molar-refractivity contribution is -0.152. The van der Waals surface area contributed by atoms with Crippen molar-refractivity contribution in [3.8, 4) is 0 Å². The minimum atomic E-state index is -0.0983. The number of allylic oxidation sites excluding steroid dienone is 4. The maximum absolute atomic E-state index is 13.4. The van der Waals surface area contributed by atoms with Crippen LogP contribution < -0.4 is 0 Å². The number of ether oxygens (including phenoxy) is 1. The van der Waals surface area contributed by atoms with Gasteiger partial charge in [0.25, 0.3) is 0 Å². The first-order valence-electron chi connectivity index (χ1n) is 9.46. The highest BCUT2D eigenvalue weighted by Crippen LogP contribution is 2.60. The van der Waals surface area contributed by atoms with E-state index in [2.05, 4.69) is 18.2 Å². The zero-order valence-electron chi connectivity index (χ0n) is 14.1. The average Bonchev–Trinajstić information content (AvgIpc) is 2.61. The topological polar surface area (TPSA) is 29.5 Å². The molecule has 0 radical (unpaired) electrons. The summed E-state index contributed by atoms with van der Waals surface area (Å²) in [4.78, 5) is 15.2. The summed E-state index contributed by atoms with van der Waals surface area (Å²) in [6.45, 7) is 0. The maximum Gasteiger partial charge on any atom is 0.237 e. The summed E-state index contributed by atoms with van der Waals surface area (Å²) in [6, 6.07) is 0. The molecule has 3 heteroatoms. The van der Waals surface area contributed by atoms with Gasteiger partial charge in [-0.1, -0.05) is 18.2 Å². The molecule has 126 valence electrons. The Hall–Kier alpha value is -1.77. The van der Waals surface area contributed by atoms with Crippen LogP contribution in [-0.4, -0.2) is 10.8 Å². The van der Waals surface area contributed by atoms with Crippen LogP contribution in [0.1, 0.15) is 51.4 Å². The lowest BCUT2D eigenvalue weighted by Gasteiger charge is -2.56. The lowest BCUT2D eigenvalue weighted by atomic mass is 9.49. The fraction of sp³-hybridized carbons (Fsp3) is 0.571. The second-order valence-electron chi connectivity index (χ2n) is 8.47. The molecule has 1 amide bonds. The van der Waals surface area contributed by atoms with Crippen molar-refractivity contribution in [2.75, 3.05) is 0 Å². The number of hydrogen-bond donors (Lipinski definition) is 0. The predicted octanol–water partition coefficient (Wildman–Crippen LogP) is 4.65. The number of hydrogen-bond acceptors (Lipinski definition) is 2. The van der Waals surface area contributed by atoms with E-state index in [-0.39, 0.29) is 5.41 Å². The van der Waals surface area contributed by atoms with Crippen molar-refractivity contribution in [3.05, 3.63) is 48.2 Å². The molecule has 0 aromatic rings. The van der Waals surface area contributed by atoms with Crippen LogP contribution in [0, 0.1) is 23.2 Å². The molecule has 0 unspecified atom stereocenters. The molecule has 4 fully saturated rings. The highest BCUT2D eigenvalue weighted by atomic mass is 16.5. The number of rotatable bonds is 2. The number of amides is 1. The number of nitrogens with zero attached hydrogens (tertiary/aromatic N) is 1. The summed E-state index contributed by atoms with van der Waals surface area (Å²) in [5.74, 6) is 3.52. The Labute approximate surface area is 143 Å². The molecular formula is C21H25NO2.